The Bertz CT molecular complexity index is 465. The van der Waals surface area contributed by atoms with Crippen LogP contribution in [0.5, 0.6) is 0 Å². The Morgan fingerprint density at radius 1 is 1.14 bits per heavy atom. The van der Waals surface area contributed by atoms with Crippen molar-refractivity contribution in [2.45, 2.75) is 38.6 Å². The highest BCUT2D eigenvalue weighted by atomic mass is 16.2. The van der Waals surface area contributed by atoms with Gasteiger partial charge in [0.25, 0.3) is 0 Å². The Morgan fingerprint density at radius 2 is 1.76 bits per heavy atom. The van der Waals surface area contributed by atoms with Gasteiger partial charge in [-0.3, -0.25) is 4.79 Å². The molecule has 21 heavy (non-hydrogen) atoms. The van der Waals surface area contributed by atoms with Gasteiger partial charge in [-0.1, -0.05) is 25.0 Å². The smallest absolute Gasteiger partial charge is 0.244 e. The van der Waals surface area contributed by atoms with E-state index in [1.54, 1.807) is 0 Å². The fourth-order valence-corrected chi connectivity index (χ4v) is 2.85. The molecular formula is C17H27N3O. The molecule has 1 fully saturated rings. The molecule has 1 aromatic carbocycles. The number of benzene rings is 1. The van der Waals surface area contributed by atoms with Crippen LogP contribution in [0.2, 0.25) is 0 Å². The molecule has 0 aromatic heterocycles. The molecule has 1 aromatic rings. The van der Waals surface area contributed by atoms with Crippen LogP contribution in [0.25, 0.3) is 0 Å². The summed E-state index contributed by atoms with van der Waals surface area (Å²) in [7, 11) is 4.03. The maximum atomic E-state index is 12.6. The van der Waals surface area contributed by atoms with Crippen LogP contribution in [0.15, 0.2) is 24.3 Å². The van der Waals surface area contributed by atoms with Crippen molar-refractivity contribution < 1.29 is 4.79 Å². The molecule has 0 aliphatic carbocycles. The van der Waals surface area contributed by atoms with Crippen LogP contribution in [0.1, 0.15) is 32.6 Å². The van der Waals surface area contributed by atoms with Gasteiger partial charge in [0, 0.05) is 27.2 Å². The maximum Gasteiger partial charge on any atom is 0.244 e. The van der Waals surface area contributed by atoms with Crippen LogP contribution in [-0.2, 0) is 4.79 Å². The molecule has 0 bridgehead atoms. The molecule has 1 atom stereocenters. The summed E-state index contributed by atoms with van der Waals surface area (Å²) < 4.78 is 0. The van der Waals surface area contributed by atoms with Crippen LogP contribution < -0.4 is 10.2 Å². The van der Waals surface area contributed by atoms with Crippen molar-refractivity contribution in [2.75, 3.05) is 37.4 Å². The molecule has 1 saturated heterocycles. The Morgan fingerprint density at radius 3 is 2.38 bits per heavy atom. The molecule has 4 nitrogen and oxygen atoms in total. The summed E-state index contributed by atoms with van der Waals surface area (Å²) in [5.41, 5.74) is 2.12. The van der Waals surface area contributed by atoms with Gasteiger partial charge in [-0.25, -0.2) is 0 Å². The minimum atomic E-state index is -0.191. The highest BCUT2D eigenvalue weighted by Crippen LogP contribution is 2.24. The van der Waals surface area contributed by atoms with E-state index in [1.807, 2.05) is 44.1 Å². The molecule has 1 amide bonds. The predicted molar refractivity (Wildman–Crippen MR) is 88.9 cm³/mol. The summed E-state index contributed by atoms with van der Waals surface area (Å²) in [5, 5.41) is 3.38. The van der Waals surface area contributed by atoms with Crippen molar-refractivity contribution in [1.29, 1.82) is 0 Å². The Kier molecular flexibility index (Phi) is 5.48. The van der Waals surface area contributed by atoms with Gasteiger partial charge in [0.05, 0.1) is 11.4 Å². The lowest BCUT2D eigenvalue weighted by Crippen LogP contribution is -2.42. The average molecular weight is 289 g/mol. The summed E-state index contributed by atoms with van der Waals surface area (Å²) in [6.45, 7) is 3.76. The summed E-state index contributed by atoms with van der Waals surface area (Å²) in [5.74, 6) is 0.213. The number of para-hydroxylation sites is 2. The van der Waals surface area contributed by atoms with E-state index in [9.17, 15) is 4.79 Å². The van der Waals surface area contributed by atoms with E-state index in [2.05, 4.69) is 16.3 Å². The number of nitrogens with zero attached hydrogens (tertiary/aromatic N) is 2. The third-order valence-electron chi connectivity index (χ3n) is 4.05. The normalized spacial score (nSPS) is 17.0. The predicted octanol–water partition coefficient (Wildman–Crippen LogP) is 2.96. The molecule has 1 N–H and O–H groups in total. The molecule has 1 aliphatic rings. The van der Waals surface area contributed by atoms with Gasteiger partial charge in [-0.15, -0.1) is 0 Å². The van der Waals surface area contributed by atoms with E-state index in [4.69, 9.17) is 0 Å². The standard InChI is InChI=1S/C17H27N3O/c1-14(17(21)20-12-8-4-5-9-13-20)18-15-10-6-7-11-16(15)19(2)3/h6-7,10-11,14,18H,4-5,8-9,12-13H2,1-3H3. The third-order valence-corrected chi connectivity index (χ3v) is 4.05. The summed E-state index contributed by atoms with van der Waals surface area (Å²) >= 11 is 0. The molecule has 1 aliphatic heterocycles. The molecule has 4 heteroatoms. The zero-order valence-electron chi connectivity index (χ0n) is 13.4. The first-order valence-corrected chi connectivity index (χ1v) is 7.91. The van der Waals surface area contributed by atoms with E-state index in [0.717, 1.165) is 37.3 Å². The van der Waals surface area contributed by atoms with Crippen molar-refractivity contribution in [3.05, 3.63) is 24.3 Å². The van der Waals surface area contributed by atoms with Crippen molar-refractivity contribution in [1.82, 2.24) is 4.90 Å². The van der Waals surface area contributed by atoms with Crippen LogP contribution in [0, 0.1) is 0 Å². The van der Waals surface area contributed by atoms with E-state index in [1.165, 1.54) is 12.8 Å². The first-order chi connectivity index (χ1) is 10.1. The van der Waals surface area contributed by atoms with Crippen LogP contribution in [0.4, 0.5) is 11.4 Å². The van der Waals surface area contributed by atoms with Crippen LogP contribution in [0.3, 0.4) is 0 Å². The Labute approximate surface area is 128 Å². The zero-order chi connectivity index (χ0) is 15.2. The second-order valence-electron chi connectivity index (χ2n) is 6.02. The number of rotatable bonds is 4. The molecule has 1 heterocycles. The van der Waals surface area contributed by atoms with Gasteiger partial charge >= 0.3 is 0 Å². The van der Waals surface area contributed by atoms with E-state index in [0.29, 0.717) is 0 Å². The quantitative estimate of drug-likeness (QED) is 0.925. The SMILES string of the molecule is CC(Nc1ccccc1N(C)C)C(=O)N1CCCCCC1. The van der Waals surface area contributed by atoms with Crippen molar-refractivity contribution in [2.24, 2.45) is 0 Å². The van der Waals surface area contributed by atoms with E-state index in [-0.39, 0.29) is 11.9 Å². The van der Waals surface area contributed by atoms with E-state index < -0.39 is 0 Å². The lowest BCUT2D eigenvalue weighted by Gasteiger charge is -2.26. The highest BCUT2D eigenvalue weighted by molar-refractivity contribution is 5.86. The first-order valence-electron chi connectivity index (χ1n) is 7.91. The van der Waals surface area contributed by atoms with Gasteiger partial charge in [0.15, 0.2) is 0 Å². The minimum Gasteiger partial charge on any atom is -0.376 e. The number of likely N-dealkylation sites (tertiary alicyclic amines) is 1. The number of anilines is 2. The number of hydrogen-bond acceptors (Lipinski definition) is 3. The number of carbonyl (C=O) groups excluding carboxylic acids is 1. The molecule has 2 rings (SSSR count). The first kappa shape index (κ1) is 15.7. The molecule has 116 valence electrons. The monoisotopic (exact) mass is 289 g/mol. The van der Waals surface area contributed by atoms with Gasteiger partial charge in [-0.2, -0.15) is 0 Å². The summed E-state index contributed by atoms with van der Waals surface area (Å²) in [6, 6.07) is 7.91. The van der Waals surface area contributed by atoms with Gasteiger partial charge in [-0.05, 0) is 31.9 Å². The largest absolute Gasteiger partial charge is 0.376 e. The van der Waals surface area contributed by atoms with Crippen LogP contribution in [-0.4, -0.2) is 44.0 Å². The molecule has 0 spiro atoms. The Balaban J connectivity index is 2.03. The van der Waals surface area contributed by atoms with E-state index >= 15 is 0 Å². The highest BCUT2D eigenvalue weighted by Gasteiger charge is 2.21. The topological polar surface area (TPSA) is 35.6 Å². The fourth-order valence-electron chi connectivity index (χ4n) is 2.85. The van der Waals surface area contributed by atoms with Crippen LogP contribution >= 0.6 is 0 Å². The van der Waals surface area contributed by atoms with Gasteiger partial charge in [0.2, 0.25) is 5.91 Å². The second-order valence-corrected chi connectivity index (χ2v) is 6.02. The molecule has 0 radical (unpaired) electrons. The number of hydrogen-bond donors (Lipinski definition) is 1. The van der Waals surface area contributed by atoms with Crippen molar-refractivity contribution in [3.8, 4) is 0 Å². The second kappa shape index (κ2) is 7.34. The average Bonchev–Trinajstić information content (AvgIpc) is 2.75. The molecule has 1 unspecified atom stereocenters. The summed E-state index contributed by atoms with van der Waals surface area (Å²) in [4.78, 5) is 16.7. The van der Waals surface area contributed by atoms with Crippen molar-refractivity contribution >= 4 is 17.3 Å². The fraction of sp³-hybridized carbons (Fsp3) is 0.588. The van der Waals surface area contributed by atoms with Crippen molar-refractivity contribution in [3.63, 3.8) is 0 Å². The maximum absolute atomic E-state index is 12.6. The number of carbonyl (C=O) groups is 1. The molecular weight excluding hydrogens is 262 g/mol. The number of amides is 1. The number of nitrogens with one attached hydrogen (secondary N) is 1. The zero-order valence-corrected chi connectivity index (χ0v) is 13.4. The van der Waals surface area contributed by atoms with Gasteiger partial charge in [0.1, 0.15) is 6.04 Å². The molecule has 0 saturated carbocycles. The minimum absolute atomic E-state index is 0.191. The summed E-state index contributed by atoms with van der Waals surface area (Å²) in [6.07, 6.45) is 4.75. The Hall–Kier alpha value is -1.71. The lowest BCUT2D eigenvalue weighted by molar-refractivity contribution is -0.131. The van der Waals surface area contributed by atoms with Gasteiger partial charge < -0.3 is 15.1 Å². The lowest BCUT2D eigenvalue weighted by atomic mass is 10.2. The third kappa shape index (κ3) is 4.13.